The zero-order chi connectivity index (χ0) is 15.8. The first kappa shape index (κ1) is 16.9. The number of aliphatic hydroxyl groups is 1. The molecule has 1 aromatic carbocycles. The number of hydrogen-bond acceptors (Lipinski definition) is 5. The third-order valence-corrected chi connectivity index (χ3v) is 2.83. The summed E-state index contributed by atoms with van der Waals surface area (Å²) in [5, 5.41) is 22.5. The number of nitrogens with one attached hydrogen (secondary N) is 1. The van der Waals surface area contributed by atoms with Crippen molar-refractivity contribution < 1.29 is 19.6 Å². The second-order valence-electron chi connectivity index (χ2n) is 5.03. The van der Waals surface area contributed by atoms with Gasteiger partial charge in [0.05, 0.1) is 11.5 Å². The van der Waals surface area contributed by atoms with Crippen molar-refractivity contribution in [2.45, 2.75) is 26.9 Å². The number of carbonyl (C=O) groups excluding carboxylic acids is 1. The standard InChI is InChI=1S/C14H20N2O5/c1-10(2)5-6-15-14(18)9-21-13-4-3-12(16(19)20)7-11(13)8-17/h3-4,7,10,17H,5-6,8-9H2,1-2H3,(H,15,18). The Morgan fingerprint density at radius 3 is 2.76 bits per heavy atom. The maximum atomic E-state index is 11.6. The highest BCUT2D eigenvalue weighted by atomic mass is 16.6. The van der Waals surface area contributed by atoms with Gasteiger partial charge >= 0.3 is 0 Å². The average molecular weight is 296 g/mol. The lowest BCUT2D eigenvalue weighted by atomic mass is 10.1. The molecule has 0 fully saturated rings. The van der Waals surface area contributed by atoms with Crippen molar-refractivity contribution in [3.05, 3.63) is 33.9 Å². The SMILES string of the molecule is CC(C)CCNC(=O)COc1ccc([N+](=O)[O-])cc1CO. The molecule has 7 heteroatoms. The summed E-state index contributed by atoms with van der Waals surface area (Å²) in [6, 6.07) is 3.88. The molecule has 0 aliphatic carbocycles. The molecule has 1 rings (SSSR count). The molecule has 0 atom stereocenters. The summed E-state index contributed by atoms with van der Waals surface area (Å²) in [5.74, 6) is 0.502. The number of carbonyl (C=O) groups is 1. The number of nitro benzene ring substituents is 1. The van der Waals surface area contributed by atoms with Gasteiger partial charge in [-0.2, -0.15) is 0 Å². The van der Waals surface area contributed by atoms with Gasteiger partial charge in [-0.3, -0.25) is 14.9 Å². The van der Waals surface area contributed by atoms with Crippen LogP contribution < -0.4 is 10.1 Å². The fourth-order valence-electron chi connectivity index (χ4n) is 1.64. The van der Waals surface area contributed by atoms with E-state index in [4.69, 9.17) is 4.74 Å². The lowest BCUT2D eigenvalue weighted by Gasteiger charge is -2.11. The average Bonchev–Trinajstić information content (AvgIpc) is 2.44. The highest BCUT2D eigenvalue weighted by Crippen LogP contribution is 2.24. The molecule has 1 aromatic rings. The first-order valence-corrected chi connectivity index (χ1v) is 6.71. The van der Waals surface area contributed by atoms with Crippen molar-refractivity contribution in [1.29, 1.82) is 0 Å². The molecule has 0 radical (unpaired) electrons. The Hall–Kier alpha value is -2.15. The molecular weight excluding hydrogens is 276 g/mol. The molecule has 0 aliphatic rings. The number of hydrogen-bond donors (Lipinski definition) is 2. The first-order chi connectivity index (χ1) is 9.93. The van der Waals surface area contributed by atoms with Crippen LogP contribution in [0.4, 0.5) is 5.69 Å². The fourth-order valence-corrected chi connectivity index (χ4v) is 1.64. The third kappa shape index (κ3) is 5.78. The monoisotopic (exact) mass is 296 g/mol. The van der Waals surface area contributed by atoms with Crippen LogP contribution in [-0.4, -0.2) is 29.1 Å². The molecule has 0 bridgehead atoms. The molecule has 0 unspecified atom stereocenters. The molecule has 0 aromatic heterocycles. The molecule has 0 saturated heterocycles. The van der Waals surface area contributed by atoms with E-state index in [-0.39, 0.29) is 29.5 Å². The predicted molar refractivity (Wildman–Crippen MR) is 77.0 cm³/mol. The summed E-state index contributed by atoms with van der Waals surface area (Å²) in [6.45, 7) is 4.11. The van der Waals surface area contributed by atoms with Crippen LogP contribution in [0.5, 0.6) is 5.75 Å². The molecule has 0 saturated carbocycles. The second-order valence-corrected chi connectivity index (χ2v) is 5.03. The Labute approximate surface area is 123 Å². The van der Waals surface area contributed by atoms with Crippen LogP contribution in [-0.2, 0) is 11.4 Å². The van der Waals surface area contributed by atoms with Crippen LogP contribution >= 0.6 is 0 Å². The van der Waals surface area contributed by atoms with Crippen molar-refractivity contribution in [2.75, 3.05) is 13.2 Å². The van der Waals surface area contributed by atoms with Gasteiger partial charge in [-0.05, 0) is 18.4 Å². The number of rotatable bonds is 8. The zero-order valence-corrected chi connectivity index (χ0v) is 12.2. The van der Waals surface area contributed by atoms with Gasteiger partial charge in [0, 0.05) is 24.2 Å². The summed E-state index contributed by atoms with van der Waals surface area (Å²) in [7, 11) is 0. The Balaban J connectivity index is 2.55. The van der Waals surface area contributed by atoms with Crippen molar-refractivity contribution >= 4 is 11.6 Å². The molecule has 2 N–H and O–H groups in total. The molecule has 21 heavy (non-hydrogen) atoms. The number of ether oxygens (including phenoxy) is 1. The van der Waals surface area contributed by atoms with Gasteiger partial charge in [-0.15, -0.1) is 0 Å². The van der Waals surface area contributed by atoms with Gasteiger partial charge in [-0.25, -0.2) is 0 Å². The van der Waals surface area contributed by atoms with E-state index in [0.717, 1.165) is 6.42 Å². The first-order valence-electron chi connectivity index (χ1n) is 6.71. The van der Waals surface area contributed by atoms with E-state index in [9.17, 15) is 20.0 Å². The fraction of sp³-hybridized carbons (Fsp3) is 0.500. The topological polar surface area (TPSA) is 102 Å². The van der Waals surface area contributed by atoms with E-state index >= 15 is 0 Å². The van der Waals surface area contributed by atoms with Crippen LogP contribution in [0.1, 0.15) is 25.8 Å². The zero-order valence-electron chi connectivity index (χ0n) is 12.2. The van der Waals surface area contributed by atoms with Crippen molar-refractivity contribution in [1.82, 2.24) is 5.32 Å². The van der Waals surface area contributed by atoms with E-state index in [0.29, 0.717) is 12.5 Å². The van der Waals surface area contributed by atoms with Gasteiger partial charge in [0.15, 0.2) is 6.61 Å². The normalized spacial score (nSPS) is 10.5. The Morgan fingerprint density at radius 1 is 1.48 bits per heavy atom. The number of amides is 1. The van der Waals surface area contributed by atoms with Crippen LogP contribution in [0, 0.1) is 16.0 Å². The highest BCUT2D eigenvalue weighted by molar-refractivity contribution is 5.77. The summed E-state index contributed by atoms with van der Waals surface area (Å²) in [4.78, 5) is 21.7. The second kappa shape index (κ2) is 8.21. The third-order valence-electron chi connectivity index (χ3n) is 2.83. The summed E-state index contributed by atoms with van der Waals surface area (Å²) < 4.78 is 5.29. The number of aliphatic hydroxyl groups excluding tert-OH is 1. The van der Waals surface area contributed by atoms with Crippen molar-refractivity contribution in [3.8, 4) is 5.75 Å². The Morgan fingerprint density at radius 2 is 2.19 bits per heavy atom. The molecule has 1 amide bonds. The summed E-state index contributed by atoms with van der Waals surface area (Å²) >= 11 is 0. The van der Waals surface area contributed by atoms with Crippen LogP contribution in [0.2, 0.25) is 0 Å². The van der Waals surface area contributed by atoms with E-state index in [1.54, 1.807) is 0 Å². The Bertz CT molecular complexity index is 502. The van der Waals surface area contributed by atoms with E-state index in [2.05, 4.69) is 19.2 Å². The Kier molecular flexibility index (Phi) is 6.61. The molecular formula is C14H20N2O5. The van der Waals surface area contributed by atoms with Crippen molar-refractivity contribution in [2.24, 2.45) is 5.92 Å². The van der Waals surface area contributed by atoms with Gasteiger partial charge in [-0.1, -0.05) is 13.8 Å². The van der Waals surface area contributed by atoms with Gasteiger partial charge in [0.1, 0.15) is 5.75 Å². The number of benzene rings is 1. The molecule has 0 spiro atoms. The lowest BCUT2D eigenvalue weighted by Crippen LogP contribution is -2.30. The van der Waals surface area contributed by atoms with E-state index < -0.39 is 11.5 Å². The number of non-ortho nitro benzene ring substituents is 1. The van der Waals surface area contributed by atoms with Gasteiger partial charge < -0.3 is 15.2 Å². The van der Waals surface area contributed by atoms with Crippen LogP contribution in [0.3, 0.4) is 0 Å². The largest absolute Gasteiger partial charge is 0.483 e. The molecule has 0 heterocycles. The minimum atomic E-state index is -0.554. The molecule has 116 valence electrons. The molecule has 7 nitrogen and oxygen atoms in total. The molecule has 0 aliphatic heterocycles. The summed E-state index contributed by atoms with van der Waals surface area (Å²) in [6.07, 6.45) is 0.880. The number of nitrogens with zero attached hydrogens (tertiary/aromatic N) is 1. The van der Waals surface area contributed by atoms with Crippen LogP contribution in [0.25, 0.3) is 0 Å². The maximum Gasteiger partial charge on any atom is 0.270 e. The van der Waals surface area contributed by atoms with Gasteiger partial charge in [0.25, 0.3) is 11.6 Å². The quantitative estimate of drug-likeness (QED) is 0.560. The minimum Gasteiger partial charge on any atom is -0.483 e. The summed E-state index contributed by atoms with van der Waals surface area (Å²) in [5.41, 5.74) is 0.145. The van der Waals surface area contributed by atoms with E-state index in [1.165, 1.54) is 18.2 Å². The predicted octanol–water partition coefficient (Wildman–Crippen LogP) is 1.63. The highest BCUT2D eigenvalue weighted by Gasteiger charge is 2.12. The lowest BCUT2D eigenvalue weighted by molar-refractivity contribution is -0.385. The van der Waals surface area contributed by atoms with Crippen molar-refractivity contribution in [3.63, 3.8) is 0 Å². The van der Waals surface area contributed by atoms with E-state index in [1.807, 2.05) is 0 Å². The van der Waals surface area contributed by atoms with Gasteiger partial charge in [0.2, 0.25) is 0 Å². The smallest absolute Gasteiger partial charge is 0.270 e. The van der Waals surface area contributed by atoms with Crippen LogP contribution in [0.15, 0.2) is 18.2 Å². The maximum absolute atomic E-state index is 11.6. The minimum absolute atomic E-state index is 0.132. The number of nitro groups is 1.